The minimum atomic E-state index is -1.25. The van der Waals surface area contributed by atoms with Gasteiger partial charge in [-0.15, -0.1) is 0 Å². The first-order valence-electron chi connectivity index (χ1n) is 10.0. The maximum absolute atomic E-state index is 14.3. The summed E-state index contributed by atoms with van der Waals surface area (Å²) in [4.78, 5) is 20.7. The summed E-state index contributed by atoms with van der Waals surface area (Å²) in [6.07, 6.45) is 1.95. The van der Waals surface area contributed by atoms with Crippen LogP contribution in [-0.4, -0.2) is 44.4 Å². The van der Waals surface area contributed by atoms with E-state index in [4.69, 9.17) is 4.74 Å². The molecule has 0 aliphatic carbocycles. The Morgan fingerprint density at radius 1 is 1.09 bits per heavy atom. The lowest BCUT2D eigenvalue weighted by Gasteiger charge is -2.30. The fourth-order valence-corrected chi connectivity index (χ4v) is 3.41. The van der Waals surface area contributed by atoms with Crippen LogP contribution in [0.25, 0.3) is 17.0 Å². The Balaban J connectivity index is 1.67. The van der Waals surface area contributed by atoms with Crippen LogP contribution in [0.1, 0.15) is 16.1 Å². The Morgan fingerprint density at radius 3 is 2.53 bits per heavy atom. The van der Waals surface area contributed by atoms with E-state index >= 15 is 0 Å². The lowest BCUT2D eigenvalue weighted by molar-refractivity contribution is -0.0339. The van der Waals surface area contributed by atoms with Crippen molar-refractivity contribution in [3.05, 3.63) is 96.2 Å². The van der Waals surface area contributed by atoms with Gasteiger partial charge in [0.15, 0.2) is 0 Å². The second kappa shape index (κ2) is 9.46. The highest BCUT2D eigenvalue weighted by molar-refractivity contribution is 6.04. The van der Waals surface area contributed by atoms with E-state index in [0.717, 1.165) is 30.3 Å². The van der Waals surface area contributed by atoms with Gasteiger partial charge in [0.25, 0.3) is 5.91 Å². The first-order chi connectivity index (χ1) is 16.3. The summed E-state index contributed by atoms with van der Waals surface area (Å²) in [7, 11) is 0. The van der Waals surface area contributed by atoms with Gasteiger partial charge in [-0.25, -0.2) is 18.2 Å². The highest BCUT2D eigenvalue weighted by Gasteiger charge is 2.31. The van der Waals surface area contributed by atoms with Gasteiger partial charge in [0.2, 0.25) is 0 Å². The van der Waals surface area contributed by atoms with Crippen molar-refractivity contribution in [2.75, 3.05) is 5.32 Å². The van der Waals surface area contributed by atoms with Crippen molar-refractivity contribution in [1.29, 1.82) is 0 Å². The molecular formula is C24H18F3N3O4. The maximum Gasteiger partial charge on any atom is 0.274 e. The molecule has 1 aromatic carbocycles. The van der Waals surface area contributed by atoms with Gasteiger partial charge < -0.3 is 20.3 Å². The van der Waals surface area contributed by atoms with Gasteiger partial charge in [0, 0.05) is 11.8 Å². The summed E-state index contributed by atoms with van der Waals surface area (Å²) in [6, 6.07) is 6.48. The number of pyridine rings is 2. The Labute approximate surface area is 191 Å². The summed E-state index contributed by atoms with van der Waals surface area (Å²) in [5.41, 5.74) is -1.19. The number of carbonyl (C=O) groups is 1. The number of nitrogens with zero attached hydrogens (tertiary/aromatic N) is 2. The molecule has 3 heterocycles. The molecule has 34 heavy (non-hydrogen) atoms. The van der Waals surface area contributed by atoms with Gasteiger partial charge in [-0.3, -0.25) is 9.78 Å². The summed E-state index contributed by atoms with van der Waals surface area (Å²) in [6.45, 7) is 3.56. The number of aromatic nitrogens is 2. The van der Waals surface area contributed by atoms with Gasteiger partial charge in [-0.2, -0.15) is 0 Å². The zero-order valence-corrected chi connectivity index (χ0v) is 17.5. The normalized spacial score (nSPS) is 19.7. The summed E-state index contributed by atoms with van der Waals surface area (Å²) >= 11 is 0. The first kappa shape index (κ1) is 23.1. The topological polar surface area (TPSA) is 105 Å². The van der Waals surface area contributed by atoms with Crippen molar-refractivity contribution in [3.8, 4) is 11.3 Å². The van der Waals surface area contributed by atoms with E-state index in [2.05, 4.69) is 21.9 Å². The zero-order valence-electron chi connectivity index (χ0n) is 17.5. The zero-order chi connectivity index (χ0) is 24.4. The summed E-state index contributed by atoms with van der Waals surface area (Å²) in [5.74, 6) is -3.73. The number of aliphatic hydroxyl groups is 2. The number of halogens is 3. The molecule has 3 N–H and O–H groups in total. The summed E-state index contributed by atoms with van der Waals surface area (Å²) < 4.78 is 48.3. The molecule has 10 heteroatoms. The van der Waals surface area contributed by atoms with Crippen LogP contribution in [0.2, 0.25) is 0 Å². The molecule has 0 radical (unpaired) electrons. The second-order valence-electron chi connectivity index (χ2n) is 7.33. The van der Waals surface area contributed by atoms with Crippen LogP contribution in [0.5, 0.6) is 0 Å². The van der Waals surface area contributed by atoms with Crippen LogP contribution >= 0.6 is 0 Å². The Hall–Kier alpha value is -4.02. The largest absolute Gasteiger partial charge is 0.483 e. The van der Waals surface area contributed by atoms with Crippen molar-refractivity contribution in [2.24, 2.45) is 0 Å². The molecule has 1 amide bonds. The highest BCUT2D eigenvalue weighted by atomic mass is 19.1. The number of ether oxygens (including phenoxy) is 1. The molecule has 3 atom stereocenters. The van der Waals surface area contributed by atoms with Gasteiger partial charge in [0.1, 0.15) is 52.9 Å². The van der Waals surface area contributed by atoms with Crippen molar-refractivity contribution in [2.45, 2.75) is 18.3 Å². The number of hydrogen-bond donors (Lipinski definition) is 3. The molecule has 3 aromatic rings. The molecule has 0 saturated carbocycles. The summed E-state index contributed by atoms with van der Waals surface area (Å²) in [5, 5.41) is 22.6. The van der Waals surface area contributed by atoms with Gasteiger partial charge in [-0.05, 0) is 42.5 Å². The van der Waals surface area contributed by atoms with Crippen LogP contribution in [-0.2, 0) is 4.74 Å². The van der Waals surface area contributed by atoms with E-state index in [9.17, 15) is 28.2 Å². The molecule has 1 aliphatic rings. The lowest BCUT2D eigenvalue weighted by Crippen LogP contribution is -2.40. The number of aliphatic hydroxyl groups excluding tert-OH is 2. The molecule has 7 nitrogen and oxygen atoms in total. The Kier molecular flexibility index (Phi) is 6.44. The molecule has 0 bridgehead atoms. The van der Waals surface area contributed by atoms with E-state index in [1.165, 1.54) is 30.6 Å². The van der Waals surface area contributed by atoms with E-state index in [0.29, 0.717) is 5.56 Å². The highest BCUT2D eigenvalue weighted by Crippen LogP contribution is 2.31. The number of amides is 1. The predicted octanol–water partition coefficient (Wildman–Crippen LogP) is 3.46. The molecule has 174 valence electrons. The van der Waals surface area contributed by atoms with Crippen LogP contribution in [0.3, 0.4) is 0 Å². The molecule has 0 saturated heterocycles. The molecule has 0 fully saturated rings. The number of nitrogens with one attached hydrogen (secondary N) is 1. The molecule has 3 unspecified atom stereocenters. The average Bonchev–Trinajstić information content (AvgIpc) is 2.82. The fourth-order valence-electron chi connectivity index (χ4n) is 3.41. The molecule has 0 spiro atoms. The Morgan fingerprint density at radius 2 is 1.82 bits per heavy atom. The minimum absolute atomic E-state index is 0.148. The number of hydrogen-bond acceptors (Lipinski definition) is 6. The second-order valence-corrected chi connectivity index (χ2v) is 7.33. The molecule has 4 rings (SSSR count). The van der Waals surface area contributed by atoms with Gasteiger partial charge >= 0.3 is 0 Å². The van der Waals surface area contributed by atoms with Crippen LogP contribution in [0.15, 0.2) is 67.5 Å². The smallest absolute Gasteiger partial charge is 0.274 e. The van der Waals surface area contributed by atoms with E-state index < -0.39 is 52.9 Å². The number of benzene rings is 1. The first-order valence-corrected chi connectivity index (χ1v) is 10.0. The van der Waals surface area contributed by atoms with Gasteiger partial charge in [-0.1, -0.05) is 12.6 Å². The molecule has 2 aromatic heterocycles. The van der Waals surface area contributed by atoms with Crippen molar-refractivity contribution in [3.63, 3.8) is 0 Å². The standard InChI is InChI=1S/C24H18F3N3O4/c1-2-19-23(32)18(31)10-20(34-19)12-8-9-28-11-17(12)30-24(33)16-7-6-15(27)22(29-16)21-13(25)4-3-5-14(21)26/h2-11,18-19,23,31-32H,1H2,(H,30,33). The lowest BCUT2D eigenvalue weighted by atomic mass is 10.0. The number of rotatable bonds is 5. The fraction of sp³-hybridized carbons (Fsp3) is 0.125. The van der Waals surface area contributed by atoms with E-state index in [1.807, 2.05) is 0 Å². The quantitative estimate of drug-likeness (QED) is 0.495. The average molecular weight is 469 g/mol. The maximum atomic E-state index is 14.3. The number of carbonyl (C=O) groups excluding carboxylic acids is 1. The van der Waals surface area contributed by atoms with E-state index in [-0.39, 0.29) is 17.1 Å². The molecular weight excluding hydrogens is 451 g/mol. The monoisotopic (exact) mass is 469 g/mol. The third-order valence-corrected chi connectivity index (χ3v) is 5.12. The van der Waals surface area contributed by atoms with E-state index in [1.54, 1.807) is 0 Å². The van der Waals surface area contributed by atoms with Crippen molar-refractivity contribution >= 4 is 17.4 Å². The van der Waals surface area contributed by atoms with Gasteiger partial charge in [0.05, 0.1) is 17.4 Å². The Bertz CT molecular complexity index is 1280. The number of anilines is 1. The predicted molar refractivity (Wildman–Crippen MR) is 117 cm³/mol. The van der Waals surface area contributed by atoms with Crippen LogP contribution in [0, 0.1) is 17.5 Å². The minimum Gasteiger partial charge on any atom is -0.483 e. The SMILES string of the molecule is C=CC1OC(c2ccncc2NC(=O)c2ccc(F)c(-c3c(F)cccc3F)n2)=CC(O)C1O. The third kappa shape index (κ3) is 4.41. The van der Waals surface area contributed by atoms with Crippen molar-refractivity contribution < 1.29 is 32.9 Å². The van der Waals surface area contributed by atoms with Crippen molar-refractivity contribution in [1.82, 2.24) is 9.97 Å². The van der Waals surface area contributed by atoms with Crippen LogP contribution < -0.4 is 5.32 Å². The third-order valence-electron chi connectivity index (χ3n) is 5.12. The molecule has 1 aliphatic heterocycles. The van der Waals surface area contributed by atoms with Crippen LogP contribution in [0.4, 0.5) is 18.9 Å².